The second-order valence-corrected chi connectivity index (χ2v) is 7.33. The Bertz CT molecular complexity index is 558. The van der Waals surface area contributed by atoms with Crippen LogP contribution in [0.1, 0.15) is 37.3 Å². The molecule has 1 aromatic carbocycles. The van der Waals surface area contributed by atoms with E-state index in [9.17, 15) is 13.5 Å². The van der Waals surface area contributed by atoms with E-state index < -0.39 is 10.0 Å². The van der Waals surface area contributed by atoms with Crippen LogP contribution in [0.15, 0.2) is 17.0 Å². The standard InChI is InChI=1S/C14H22ClNO3S/c1-4-5-6-7-16(3)20(18,19)14-9-13(15)8-12(10-17)11(14)2/h8-9,17H,4-7,10H2,1-3H3. The van der Waals surface area contributed by atoms with Crippen molar-refractivity contribution in [2.75, 3.05) is 13.6 Å². The van der Waals surface area contributed by atoms with Crippen molar-refractivity contribution >= 4 is 21.6 Å². The lowest BCUT2D eigenvalue weighted by Gasteiger charge is -2.19. The lowest BCUT2D eigenvalue weighted by atomic mass is 10.1. The van der Waals surface area contributed by atoms with Gasteiger partial charge in [0, 0.05) is 18.6 Å². The lowest BCUT2D eigenvalue weighted by molar-refractivity contribution is 0.280. The summed E-state index contributed by atoms with van der Waals surface area (Å²) in [4.78, 5) is 0.174. The Kier molecular flexibility index (Phi) is 6.45. The zero-order valence-corrected chi connectivity index (χ0v) is 13.8. The quantitative estimate of drug-likeness (QED) is 0.786. The molecule has 1 N–H and O–H groups in total. The SMILES string of the molecule is CCCCCN(C)S(=O)(=O)c1cc(Cl)cc(CO)c1C. The summed E-state index contributed by atoms with van der Waals surface area (Å²) in [7, 11) is -1.99. The normalized spacial score (nSPS) is 12.1. The molecule has 0 saturated carbocycles. The molecule has 4 nitrogen and oxygen atoms in total. The Morgan fingerprint density at radius 2 is 1.95 bits per heavy atom. The molecule has 0 amide bonds. The van der Waals surface area contributed by atoms with E-state index in [0.717, 1.165) is 19.3 Å². The summed E-state index contributed by atoms with van der Waals surface area (Å²) in [5.41, 5.74) is 1.09. The molecule has 0 heterocycles. The van der Waals surface area contributed by atoms with Crippen LogP contribution >= 0.6 is 11.6 Å². The molecule has 0 fully saturated rings. The summed E-state index contributed by atoms with van der Waals surface area (Å²) in [6, 6.07) is 3.04. The van der Waals surface area contributed by atoms with Gasteiger partial charge in [-0.25, -0.2) is 12.7 Å². The van der Waals surface area contributed by atoms with Gasteiger partial charge in [-0.3, -0.25) is 0 Å². The first-order chi connectivity index (χ1) is 9.34. The highest BCUT2D eigenvalue weighted by Gasteiger charge is 2.24. The van der Waals surface area contributed by atoms with Crippen LogP contribution in [0.25, 0.3) is 0 Å². The van der Waals surface area contributed by atoms with Crippen LogP contribution in [0.5, 0.6) is 0 Å². The third kappa shape index (κ3) is 3.95. The molecule has 1 rings (SSSR count). The Morgan fingerprint density at radius 3 is 2.50 bits per heavy atom. The summed E-state index contributed by atoms with van der Waals surface area (Å²) in [6.07, 6.45) is 2.87. The molecule has 0 atom stereocenters. The van der Waals surface area contributed by atoms with Crippen molar-refractivity contribution in [3.63, 3.8) is 0 Å². The van der Waals surface area contributed by atoms with Gasteiger partial charge in [-0.15, -0.1) is 0 Å². The minimum absolute atomic E-state index is 0.174. The van der Waals surface area contributed by atoms with Gasteiger partial charge in [0.1, 0.15) is 0 Å². The summed E-state index contributed by atoms with van der Waals surface area (Å²) >= 11 is 5.94. The molecule has 0 saturated heterocycles. The zero-order valence-electron chi connectivity index (χ0n) is 12.2. The number of benzene rings is 1. The number of rotatable bonds is 7. The highest BCUT2D eigenvalue weighted by molar-refractivity contribution is 7.89. The minimum atomic E-state index is -3.57. The maximum Gasteiger partial charge on any atom is 0.243 e. The Balaban J connectivity index is 3.12. The molecular weight excluding hydrogens is 298 g/mol. The lowest BCUT2D eigenvalue weighted by Crippen LogP contribution is -2.28. The van der Waals surface area contributed by atoms with E-state index in [1.54, 1.807) is 20.0 Å². The number of hydrogen-bond donors (Lipinski definition) is 1. The van der Waals surface area contributed by atoms with Crippen molar-refractivity contribution in [2.24, 2.45) is 0 Å². The topological polar surface area (TPSA) is 57.6 Å². The first-order valence-corrected chi connectivity index (χ1v) is 8.52. The molecule has 114 valence electrons. The number of aliphatic hydroxyl groups is 1. The highest BCUT2D eigenvalue weighted by Crippen LogP contribution is 2.26. The number of sulfonamides is 1. The fourth-order valence-corrected chi connectivity index (χ4v) is 3.82. The van der Waals surface area contributed by atoms with E-state index in [-0.39, 0.29) is 11.5 Å². The fraction of sp³-hybridized carbons (Fsp3) is 0.571. The van der Waals surface area contributed by atoms with Gasteiger partial charge in [0.05, 0.1) is 11.5 Å². The highest BCUT2D eigenvalue weighted by atomic mass is 35.5. The van der Waals surface area contributed by atoms with E-state index >= 15 is 0 Å². The van der Waals surface area contributed by atoms with Gasteiger partial charge in [-0.1, -0.05) is 31.4 Å². The molecule has 0 radical (unpaired) electrons. The van der Waals surface area contributed by atoms with Crippen LogP contribution < -0.4 is 0 Å². The van der Waals surface area contributed by atoms with Gasteiger partial charge in [-0.2, -0.15) is 0 Å². The summed E-state index contributed by atoms with van der Waals surface area (Å²) < 4.78 is 26.5. The molecule has 6 heteroatoms. The van der Waals surface area contributed by atoms with Gasteiger partial charge in [0.15, 0.2) is 0 Å². The molecule has 0 aliphatic rings. The number of hydrogen-bond acceptors (Lipinski definition) is 3. The smallest absolute Gasteiger partial charge is 0.243 e. The molecule has 20 heavy (non-hydrogen) atoms. The summed E-state index contributed by atoms with van der Waals surface area (Å²) in [5.74, 6) is 0. The Hall–Kier alpha value is -0.620. The average Bonchev–Trinajstić information content (AvgIpc) is 2.40. The van der Waals surface area contributed by atoms with Crippen molar-refractivity contribution in [3.8, 4) is 0 Å². The van der Waals surface area contributed by atoms with Crippen molar-refractivity contribution < 1.29 is 13.5 Å². The summed E-state index contributed by atoms with van der Waals surface area (Å²) in [6.45, 7) is 4.02. The predicted molar refractivity (Wildman–Crippen MR) is 81.5 cm³/mol. The molecular formula is C14H22ClNO3S. The van der Waals surface area contributed by atoms with Crippen molar-refractivity contribution in [1.29, 1.82) is 0 Å². The van der Waals surface area contributed by atoms with Crippen molar-refractivity contribution in [1.82, 2.24) is 4.31 Å². The van der Waals surface area contributed by atoms with Crippen LogP contribution in [0, 0.1) is 6.92 Å². The van der Waals surface area contributed by atoms with Gasteiger partial charge in [-0.05, 0) is 36.6 Å². The third-order valence-corrected chi connectivity index (χ3v) is 5.57. The van der Waals surface area contributed by atoms with Gasteiger partial charge in [0.2, 0.25) is 10.0 Å². The van der Waals surface area contributed by atoms with Gasteiger partial charge >= 0.3 is 0 Å². The fourth-order valence-electron chi connectivity index (χ4n) is 2.01. The van der Waals surface area contributed by atoms with Crippen LogP contribution in [-0.2, 0) is 16.6 Å². The monoisotopic (exact) mass is 319 g/mol. The van der Waals surface area contributed by atoms with E-state index in [4.69, 9.17) is 11.6 Å². The van der Waals surface area contributed by atoms with Crippen molar-refractivity contribution in [3.05, 3.63) is 28.3 Å². The second kappa shape index (κ2) is 7.41. The minimum Gasteiger partial charge on any atom is -0.392 e. The van der Waals surface area contributed by atoms with Crippen LogP contribution in [-0.4, -0.2) is 31.4 Å². The maximum atomic E-state index is 12.6. The Morgan fingerprint density at radius 1 is 1.30 bits per heavy atom. The molecule has 0 aliphatic carbocycles. The summed E-state index contributed by atoms with van der Waals surface area (Å²) in [5, 5.41) is 9.60. The molecule has 0 spiro atoms. The molecule has 0 aliphatic heterocycles. The van der Waals surface area contributed by atoms with E-state index in [1.165, 1.54) is 10.4 Å². The van der Waals surface area contributed by atoms with E-state index in [2.05, 4.69) is 6.92 Å². The number of halogens is 1. The van der Waals surface area contributed by atoms with E-state index in [1.807, 2.05) is 0 Å². The molecule has 0 aromatic heterocycles. The molecule has 1 aromatic rings. The van der Waals surface area contributed by atoms with E-state index in [0.29, 0.717) is 22.7 Å². The first kappa shape index (κ1) is 17.4. The molecule has 0 bridgehead atoms. The largest absolute Gasteiger partial charge is 0.392 e. The maximum absolute atomic E-state index is 12.6. The predicted octanol–water partition coefficient (Wildman–Crippen LogP) is 2.95. The van der Waals surface area contributed by atoms with Crippen LogP contribution in [0.3, 0.4) is 0 Å². The zero-order chi connectivity index (χ0) is 15.3. The first-order valence-electron chi connectivity index (χ1n) is 6.70. The van der Waals surface area contributed by atoms with Gasteiger partial charge < -0.3 is 5.11 Å². The van der Waals surface area contributed by atoms with Crippen LogP contribution in [0.4, 0.5) is 0 Å². The van der Waals surface area contributed by atoms with Crippen molar-refractivity contribution in [2.45, 2.75) is 44.6 Å². The Labute approximate surface area is 126 Å². The second-order valence-electron chi connectivity index (χ2n) is 4.88. The average molecular weight is 320 g/mol. The van der Waals surface area contributed by atoms with Crippen LogP contribution in [0.2, 0.25) is 5.02 Å². The number of unbranched alkanes of at least 4 members (excludes halogenated alkanes) is 2. The number of aliphatic hydroxyl groups excluding tert-OH is 1. The van der Waals surface area contributed by atoms with Gasteiger partial charge in [0.25, 0.3) is 0 Å². The number of nitrogens with zero attached hydrogens (tertiary/aromatic N) is 1. The third-order valence-electron chi connectivity index (χ3n) is 3.37. The molecule has 0 unspecified atom stereocenters.